The van der Waals surface area contributed by atoms with Crippen LogP contribution in [0.3, 0.4) is 0 Å². The van der Waals surface area contributed by atoms with Gasteiger partial charge in [-0.3, -0.25) is 4.90 Å². The lowest BCUT2D eigenvalue weighted by Crippen LogP contribution is -2.43. The van der Waals surface area contributed by atoms with Crippen LogP contribution in [0.15, 0.2) is 35.3 Å². The molecule has 0 spiro atoms. The smallest absolute Gasteiger partial charge is 0.411 e. The highest BCUT2D eigenvalue weighted by molar-refractivity contribution is 7.88. The largest absolute Gasteiger partial charge is 0.487 e. The number of halogens is 1. The third-order valence-corrected chi connectivity index (χ3v) is 7.80. The number of carboxylic acid groups (broad SMARTS) is 1. The van der Waals surface area contributed by atoms with E-state index in [2.05, 4.69) is 5.32 Å². The average Bonchev–Trinajstić information content (AvgIpc) is 3.19. The van der Waals surface area contributed by atoms with E-state index in [1.807, 2.05) is 11.4 Å². The molecule has 2 aromatic rings. The Morgan fingerprint density at radius 1 is 1.34 bits per heavy atom. The molecule has 2 N–H and O–H groups in total. The van der Waals surface area contributed by atoms with E-state index in [0.29, 0.717) is 36.5 Å². The van der Waals surface area contributed by atoms with Crippen LogP contribution in [-0.2, 0) is 16.6 Å². The molecule has 32 heavy (non-hydrogen) atoms. The Morgan fingerprint density at radius 3 is 2.84 bits per heavy atom. The Bertz CT molecular complexity index is 1180. The Hall–Kier alpha value is -2.63. The zero-order valence-electron chi connectivity index (χ0n) is 17.7. The van der Waals surface area contributed by atoms with Crippen molar-refractivity contribution < 1.29 is 27.4 Å². The number of hydrogen-bond donors (Lipinski definition) is 2. The summed E-state index contributed by atoms with van der Waals surface area (Å²) >= 11 is 1.47. The lowest BCUT2D eigenvalue weighted by molar-refractivity contribution is 0.130. The van der Waals surface area contributed by atoms with E-state index in [1.54, 1.807) is 6.92 Å². The molecular weight excluding hydrogens is 457 g/mol. The summed E-state index contributed by atoms with van der Waals surface area (Å²) in [6.45, 7) is 2.62. The summed E-state index contributed by atoms with van der Waals surface area (Å²) in [4.78, 5) is 13.9. The molecule has 4 rings (SSSR count). The van der Waals surface area contributed by atoms with Crippen molar-refractivity contribution in [1.29, 1.82) is 0 Å². The van der Waals surface area contributed by atoms with Gasteiger partial charge in [0.1, 0.15) is 17.7 Å². The van der Waals surface area contributed by atoms with Crippen molar-refractivity contribution in [1.82, 2.24) is 9.21 Å². The number of carbonyl (C=O) groups is 1. The molecule has 8 nitrogen and oxygen atoms in total. The third-order valence-electron chi connectivity index (χ3n) is 5.62. The molecule has 1 amide bonds. The normalized spacial score (nSPS) is 19.6. The fourth-order valence-corrected chi connectivity index (χ4v) is 5.73. The van der Waals surface area contributed by atoms with E-state index in [1.165, 1.54) is 38.7 Å². The molecule has 1 atom stereocenters. The fraction of sp³-hybridized carbons (Fsp3) is 0.381. The van der Waals surface area contributed by atoms with Gasteiger partial charge in [0.15, 0.2) is 0 Å². The van der Waals surface area contributed by atoms with Crippen molar-refractivity contribution in [2.75, 3.05) is 24.7 Å². The molecule has 172 valence electrons. The first-order chi connectivity index (χ1) is 15.1. The van der Waals surface area contributed by atoms with Crippen LogP contribution in [0.2, 0.25) is 0 Å². The molecule has 1 saturated heterocycles. The van der Waals surface area contributed by atoms with Crippen LogP contribution in [0.1, 0.15) is 30.2 Å². The minimum absolute atomic E-state index is 0.192. The Kier molecular flexibility index (Phi) is 6.15. The van der Waals surface area contributed by atoms with Gasteiger partial charge in [0.25, 0.3) is 0 Å². The third kappa shape index (κ3) is 4.59. The molecule has 2 aliphatic heterocycles. The number of allylic oxidation sites excluding steroid dienone is 1. The van der Waals surface area contributed by atoms with Gasteiger partial charge < -0.3 is 15.2 Å². The van der Waals surface area contributed by atoms with Crippen molar-refractivity contribution in [3.8, 4) is 5.75 Å². The number of ether oxygens (including phenoxy) is 1. The quantitative estimate of drug-likeness (QED) is 0.670. The molecule has 1 fully saturated rings. The number of nitrogens with one attached hydrogen (secondary N) is 1. The van der Waals surface area contributed by atoms with Crippen LogP contribution >= 0.6 is 11.3 Å². The predicted octanol–water partition coefficient (Wildman–Crippen LogP) is 3.98. The maximum absolute atomic E-state index is 14.1. The summed E-state index contributed by atoms with van der Waals surface area (Å²) in [5.74, 6) is -0.242. The molecule has 11 heteroatoms. The first-order valence-corrected chi connectivity index (χ1v) is 12.8. The van der Waals surface area contributed by atoms with Crippen LogP contribution in [0, 0.1) is 5.82 Å². The molecule has 0 saturated carbocycles. The van der Waals surface area contributed by atoms with Crippen molar-refractivity contribution in [3.05, 3.63) is 51.6 Å². The summed E-state index contributed by atoms with van der Waals surface area (Å²) in [5, 5.41) is 14.7. The highest BCUT2D eigenvalue weighted by Crippen LogP contribution is 2.38. The lowest BCUT2D eigenvalue weighted by Gasteiger charge is -2.32. The van der Waals surface area contributed by atoms with Gasteiger partial charge in [-0.05, 0) is 43.3 Å². The zero-order valence-corrected chi connectivity index (χ0v) is 19.3. The van der Waals surface area contributed by atoms with Gasteiger partial charge in [-0.25, -0.2) is 17.6 Å². The first kappa shape index (κ1) is 22.6. The van der Waals surface area contributed by atoms with Gasteiger partial charge in [-0.2, -0.15) is 4.31 Å². The molecule has 1 aromatic carbocycles. The molecule has 2 aliphatic rings. The van der Waals surface area contributed by atoms with Crippen LogP contribution in [0.4, 0.5) is 14.9 Å². The van der Waals surface area contributed by atoms with E-state index in [4.69, 9.17) is 4.74 Å². The second-order valence-electron chi connectivity index (χ2n) is 7.86. The molecule has 1 aromatic heterocycles. The van der Waals surface area contributed by atoms with Crippen LogP contribution < -0.4 is 10.1 Å². The molecule has 0 radical (unpaired) electrons. The first-order valence-electron chi connectivity index (χ1n) is 10.1. The van der Waals surface area contributed by atoms with Crippen LogP contribution in [0.25, 0.3) is 5.70 Å². The molecule has 0 aliphatic carbocycles. The van der Waals surface area contributed by atoms with Crippen LogP contribution in [0.5, 0.6) is 5.75 Å². The van der Waals surface area contributed by atoms with E-state index < -0.39 is 28.0 Å². The fourth-order valence-electron chi connectivity index (χ4n) is 3.96. The summed E-state index contributed by atoms with van der Waals surface area (Å²) in [6.07, 6.45) is 0.973. The topological polar surface area (TPSA) is 99.2 Å². The minimum Gasteiger partial charge on any atom is -0.487 e. The summed E-state index contributed by atoms with van der Waals surface area (Å²) in [7, 11) is -3.34. The zero-order chi connectivity index (χ0) is 23.0. The Balaban J connectivity index is 1.64. The monoisotopic (exact) mass is 481 g/mol. The number of piperidine rings is 1. The van der Waals surface area contributed by atoms with Gasteiger partial charge in [0.05, 0.1) is 30.7 Å². The Morgan fingerprint density at radius 2 is 2.12 bits per heavy atom. The van der Waals surface area contributed by atoms with Gasteiger partial charge in [0.2, 0.25) is 10.0 Å². The van der Waals surface area contributed by atoms with Crippen LogP contribution in [-0.4, -0.2) is 54.3 Å². The maximum Gasteiger partial charge on any atom is 0.411 e. The van der Waals surface area contributed by atoms with Crippen molar-refractivity contribution in [3.63, 3.8) is 0 Å². The standard InChI is InChI=1S/C21H24FN3O5S2/c1-13-20(16-7-9-31-19(16)12-25(13)21(26)27)23-17-6-5-14(22)10-18(17)30-15-4-3-8-24(11-15)32(2,28)29/h5-7,9-10,15,23H,3-4,8,11-12H2,1-2H3,(H,26,27)/t15-/m1/s1. The number of fused-ring (bicyclic) bond motifs is 1. The van der Waals surface area contributed by atoms with E-state index >= 15 is 0 Å². The SMILES string of the molecule is CC1=C(Nc2ccc(F)cc2O[C@@H]2CCCN(S(C)(=O)=O)C2)c2ccsc2CN1C(=O)O. The molecule has 0 unspecified atom stereocenters. The number of sulfonamides is 1. The second-order valence-corrected chi connectivity index (χ2v) is 10.8. The molecular formula is C21H24FN3O5S2. The van der Waals surface area contributed by atoms with Gasteiger partial charge >= 0.3 is 6.09 Å². The number of nitrogens with zero attached hydrogens (tertiary/aromatic N) is 2. The minimum atomic E-state index is -3.34. The number of thiophene rings is 1. The van der Waals surface area contributed by atoms with Gasteiger partial charge in [0, 0.05) is 28.7 Å². The average molecular weight is 482 g/mol. The lowest BCUT2D eigenvalue weighted by atomic mass is 10.1. The number of rotatable bonds is 5. The van der Waals surface area contributed by atoms with Gasteiger partial charge in [-0.15, -0.1) is 11.3 Å². The summed E-state index contributed by atoms with van der Waals surface area (Å²) < 4.78 is 45.3. The van der Waals surface area contributed by atoms with E-state index in [-0.39, 0.29) is 18.8 Å². The van der Waals surface area contributed by atoms with Gasteiger partial charge in [-0.1, -0.05) is 0 Å². The van der Waals surface area contributed by atoms with E-state index in [0.717, 1.165) is 16.7 Å². The van der Waals surface area contributed by atoms with Crippen molar-refractivity contribution in [2.45, 2.75) is 32.4 Å². The number of anilines is 1. The molecule has 3 heterocycles. The summed E-state index contributed by atoms with van der Waals surface area (Å²) in [5.41, 5.74) is 2.50. The molecule has 0 bridgehead atoms. The maximum atomic E-state index is 14.1. The van der Waals surface area contributed by atoms with Crippen molar-refractivity contribution >= 4 is 38.8 Å². The highest BCUT2D eigenvalue weighted by Gasteiger charge is 2.30. The number of hydrogen-bond acceptors (Lipinski definition) is 6. The summed E-state index contributed by atoms with van der Waals surface area (Å²) in [6, 6.07) is 6.00. The highest BCUT2D eigenvalue weighted by atomic mass is 32.2. The number of benzene rings is 1. The Labute approximate surface area is 190 Å². The predicted molar refractivity (Wildman–Crippen MR) is 121 cm³/mol. The number of amides is 1. The second kappa shape index (κ2) is 8.72. The van der Waals surface area contributed by atoms with Crippen molar-refractivity contribution in [2.24, 2.45) is 0 Å². The van der Waals surface area contributed by atoms with E-state index in [9.17, 15) is 22.7 Å².